The lowest BCUT2D eigenvalue weighted by Gasteiger charge is -2.18. The number of thiophene rings is 1. The van der Waals surface area contributed by atoms with Crippen molar-refractivity contribution in [2.45, 2.75) is 26.7 Å². The number of benzene rings is 1. The Morgan fingerprint density at radius 2 is 1.82 bits per heavy atom. The molecular weight excluding hydrogens is 376 g/mol. The molecule has 0 saturated heterocycles. The number of nitrogens with zero attached hydrogens (tertiary/aromatic N) is 1. The number of hydrogen-bond donors (Lipinski definition) is 1. The summed E-state index contributed by atoms with van der Waals surface area (Å²) in [5.74, 6) is -0.893. The van der Waals surface area contributed by atoms with E-state index in [1.165, 1.54) is 11.3 Å². The molecule has 1 saturated carbocycles. The van der Waals surface area contributed by atoms with Crippen molar-refractivity contribution in [3.05, 3.63) is 41.3 Å². The van der Waals surface area contributed by atoms with E-state index in [1.807, 2.05) is 49.6 Å². The highest BCUT2D eigenvalue weighted by molar-refractivity contribution is 7.15. The van der Waals surface area contributed by atoms with Crippen molar-refractivity contribution in [3.8, 4) is 11.1 Å². The van der Waals surface area contributed by atoms with Gasteiger partial charge in [-0.15, -0.1) is 11.3 Å². The number of ether oxygens (including phenoxy) is 1. The number of carbonyl (C=O) groups excluding carboxylic acids is 3. The zero-order valence-corrected chi connectivity index (χ0v) is 16.9. The van der Waals surface area contributed by atoms with Crippen molar-refractivity contribution in [1.29, 1.82) is 0 Å². The second kappa shape index (κ2) is 9.01. The molecule has 3 rings (SSSR count). The summed E-state index contributed by atoms with van der Waals surface area (Å²) < 4.78 is 5.32. The third-order valence-electron chi connectivity index (χ3n) is 4.71. The Kier molecular flexibility index (Phi) is 6.46. The van der Waals surface area contributed by atoms with Gasteiger partial charge in [0, 0.05) is 30.0 Å². The molecule has 1 aromatic carbocycles. The third-order valence-corrected chi connectivity index (χ3v) is 5.60. The quantitative estimate of drug-likeness (QED) is 0.684. The molecule has 7 heteroatoms. The first kappa shape index (κ1) is 20.1. The van der Waals surface area contributed by atoms with E-state index >= 15 is 0 Å². The Bertz CT molecular complexity index is 855. The largest absolute Gasteiger partial charge is 0.452 e. The van der Waals surface area contributed by atoms with E-state index in [0.717, 1.165) is 18.4 Å². The summed E-state index contributed by atoms with van der Waals surface area (Å²) in [5, 5.41) is 5.16. The van der Waals surface area contributed by atoms with E-state index in [0.29, 0.717) is 29.2 Å². The Labute approximate surface area is 168 Å². The van der Waals surface area contributed by atoms with Crippen molar-refractivity contribution >= 4 is 34.1 Å². The first-order valence-corrected chi connectivity index (χ1v) is 10.4. The standard InChI is InChI=1S/C21H24N2O4S/c1-3-23(4-2)17(24)12-27-21(26)18-16(14-8-6-5-7-9-14)13-28-20(18)22-19(25)15-10-11-15/h5-9,13,15H,3-4,10-12H2,1-2H3,(H,22,25). The van der Waals surface area contributed by atoms with Crippen molar-refractivity contribution in [3.63, 3.8) is 0 Å². The predicted molar refractivity (Wildman–Crippen MR) is 109 cm³/mol. The van der Waals surface area contributed by atoms with Crippen molar-refractivity contribution in [2.24, 2.45) is 5.92 Å². The summed E-state index contributed by atoms with van der Waals surface area (Å²) in [4.78, 5) is 38.8. The molecule has 0 aliphatic heterocycles. The molecule has 2 amide bonds. The molecule has 0 unspecified atom stereocenters. The molecule has 2 aromatic rings. The van der Waals surface area contributed by atoms with Crippen LogP contribution in [-0.2, 0) is 14.3 Å². The minimum atomic E-state index is -0.605. The molecule has 1 N–H and O–H groups in total. The maximum atomic E-state index is 12.9. The molecule has 1 aromatic heterocycles. The van der Waals surface area contributed by atoms with Crippen molar-refractivity contribution < 1.29 is 19.1 Å². The zero-order chi connectivity index (χ0) is 20.1. The number of hydrogen-bond acceptors (Lipinski definition) is 5. The lowest BCUT2D eigenvalue weighted by Crippen LogP contribution is -2.34. The van der Waals surface area contributed by atoms with Gasteiger partial charge in [-0.2, -0.15) is 0 Å². The zero-order valence-electron chi connectivity index (χ0n) is 16.1. The Morgan fingerprint density at radius 1 is 1.14 bits per heavy atom. The summed E-state index contributed by atoms with van der Waals surface area (Å²) in [6.07, 6.45) is 1.75. The molecule has 1 fully saturated rings. The van der Waals surface area contributed by atoms with Crippen molar-refractivity contribution in [1.82, 2.24) is 4.90 Å². The summed E-state index contributed by atoms with van der Waals surface area (Å²) in [6, 6.07) is 9.45. The van der Waals surface area contributed by atoms with Crippen LogP contribution in [0.25, 0.3) is 11.1 Å². The van der Waals surface area contributed by atoms with E-state index in [4.69, 9.17) is 4.74 Å². The fourth-order valence-corrected chi connectivity index (χ4v) is 3.87. The summed E-state index contributed by atoms with van der Waals surface area (Å²) in [5.41, 5.74) is 1.85. The first-order chi connectivity index (χ1) is 13.5. The van der Waals surface area contributed by atoms with E-state index in [9.17, 15) is 14.4 Å². The van der Waals surface area contributed by atoms with Crippen LogP contribution in [0.3, 0.4) is 0 Å². The molecule has 0 bridgehead atoms. The van der Waals surface area contributed by atoms with Crippen LogP contribution in [0.4, 0.5) is 5.00 Å². The SMILES string of the molecule is CCN(CC)C(=O)COC(=O)c1c(-c2ccccc2)csc1NC(=O)C1CC1. The first-order valence-electron chi connectivity index (χ1n) is 9.47. The van der Waals surface area contributed by atoms with E-state index in [-0.39, 0.29) is 24.3 Å². The summed E-state index contributed by atoms with van der Waals surface area (Å²) in [6.45, 7) is 4.55. The van der Waals surface area contributed by atoms with Gasteiger partial charge in [0.1, 0.15) is 10.6 Å². The average molecular weight is 401 g/mol. The smallest absolute Gasteiger partial charge is 0.342 e. The monoisotopic (exact) mass is 400 g/mol. The minimum Gasteiger partial charge on any atom is -0.452 e. The number of likely N-dealkylation sites (N-methyl/N-ethyl adjacent to an activating group) is 1. The van der Waals surface area contributed by atoms with E-state index < -0.39 is 5.97 Å². The Hall–Kier alpha value is -2.67. The van der Waals surface area contributed by atoms with Gasteiger partial charge in [0.15, 0.2) is 6.61 Å². The van der Waals surface area contributed by atoms with E-state index in [2.05, 4.69) is 5.32 Å². The molecule has 1 aliphatic rings. The third kappa shape index (κ3) is 4.59. The average Bonchev–Trinajstić information content (AvgIpc) is 3.48. The van der Waals surface area contributed by atoms with Gasteiger partial charge in [-0.05, 0) is 32.3 Å². The maximum Gasteiger partial charge on any atom is 0.342 e. The van der Waals surface area contributed by atoms with E-state index in [1.54, 1.807) is 4.90 Å². The molecule has 6 nitrogen and oxygen atoms in total. The lowest BCUT2D eigenvalue weighted by molar-refractivity contribution is -0.134. The van der Waals surface area contributed by atoms with Gasteiger partial charge in [0.2, 0.25) is 5.91 Å². The van der Waals surface area contributed by atoms with Gasteiger partial charge < -0.3 is 15.0 Å². The lowest BCUT2D eigenvalue weighted by atomic mass is 10.0. The number of nitrogens with one attached hydrogen (secondary N) is 1. The second-order valence-corrected chi connectivity index (χ2v) is 7.50. The molecule has 0 radical (unpaired) electrons. The van der Waals surface area contributed by atoms with Crippen LogP contribution < -0.4 is 5.32 Å². The van der Waals surface area contributed by atoms with Crippen LogP contribution >= 0.6 is 11.3 Å². The van der Waals surface area contributed by atoms with Gasteiger partial charge in [0.05, 0.1) is 0 Å². The molecule has 1 heterocycles. The van der Waals surface area contributed by atoms with Crippen LogP contribution in [0.5, 0.6) is 0 Å². The highest BCUT2D eigenvalue weighted by Gasteiger charge is 2.32. The number of rotatable bonds is 8. The number of anilines is 1. The number of amides is 2. The van der Waals surface area contributed by atoms with Crippen LogP contribution in [-0.4, -0.2) is 42.4 Å². The number of esters is 1. The second-order valence-electron chi connectivity index (χ2n) is 6.63. The minimum absolute atomic E-state index is 0.0235. The fraction of sp³-hybridized carbons (Fsp3) is 0.381. The molecular formula is C21H24N2O4S. The molecule has 0 spiro atoms. The maximum absolute atomic E-state index is 12.9. The topological polar surface area (TPSA) is 75.7 Å². The highest BCUT2D eigenvalue weighted by atomic mass is 32.1. The molecule has 148 valence electrons. The molecule has 1 aliphatic carbocycles. The fourth-order valence-electron chi connectivity index (χ4n) is 2.91. The van der Waals surface area contributed by atoms with Gasteiger partial charge in [0.25, 0.3) is 5.91 Å². The van der Waals surface area contributed by atoms with Gasteiger partial charge >= 0.3 is 5.97 Å². The molecule has 28 heavy (non-hydrogen) atoms. The predicted octanol–water partition coefficient (Wildman–Crippen LogP) is 3.79. The van der Waals surface area contributed by atoms with Crippen LogP contribution in [0, 0.1) is 5.92 Å². The summed E-state index contributed by atoms with van der Waals surface area (Å²) >= 11 is 1.29. The van der Waals surface area contributed by atoms with Gasteiger partial charge in [-0.3, -0.25) is 9.59 Å². The van der Waals surface area contributed by atoms with Crippen LogP contribution in [0.1, 0.15) is 37.0 Å². The van der Waals surface area contributed by atoms with Crippen LogP contribution in [0.2, 0.25) is 0 Å². The molecule has 0 atom stereocenters. The Morgan fingerprint density at radius 3 is 2.43 bits per heavy atom. The normalized spacial score (nSPS) is 13.1. The van der Waals surface area contributed by atoms with Crippen molar-refractivity contribution in [2.75, 3.05) is 25.0 Å². The number of carbonyl (C=O) groups is 3. The summed E-state index contributed by atoms with van der Waals surface area (Å²) in [7, 11) is 0. The highest BCUT2D eigenvalue weighted by Crippen LogP contribution is 2.38. The van der Waals surface area contributed by atoms with Gasteiger partial charge in [-0.1, -0.05) is 30.3 Å². The van der Waals surface area contributed by atoms with Crippen LogP contribution in [0.15, 0.2) is 35.7 Å². The Balaban J connectivity index is 1.83. The van der Waals surface area contributed by atoms with Gasteiger partial charge in [-0.25, -0.2) is 4.79 Å².